The molecule has 1 fully saturated rings. The lowest BCUT2D eigenvalue weighted by molar-refractivity contribution is -0.384. The van der Waals surface area contributed by atoms with Crippen LogP contribution in [-0.4, -0.2) is 36.5 Å². The van der Waals surface area contributed by atoms with E-state index in [1.54, 1.807) is 12.1 Å². The third-order valence-electron chi connectivity index (χ3n) is 4.94. The highest BCUT2D eigenvalue weighted by atomic mass is 35.5. The maximum Gasteiger partial charge on any atom is 0.338 e. The van der Waals surface area contributed by atoms with Gasteiger partial charge in [-0.25, -0.2) is 4.79 Å². The van der Waals surface area contributed by atoms with E-state index in [9.17, 15) is 19.7 Å². The van der Waals surface area contributed by atoms with Gasteiger partial charge in [-0.3, -0.25) is 14.9 Å². The first kappa shape index (κ1) is 22.8. The fourth-order valence-electron chi connectivity index (χ4n) is 3.47. The number of amides is 1. The summed E-state index contributed by atoms with van der Waals surface area (Å²) in [5.74, 6) is -1.02. The number of carbonyl (C=O) groups is 2. The lowest BCUT2D eigenvalue weighted by atomic mass is 9.99. The molecule has 1 atom stereocenters. The molecular weight excluding hydrogens is 445 g/mol. The summed E-state index contributed by atoms with van der Waals surface area (Å²) in [4.78, 5) is 37.5. The maximum atomic E-state index is 12.4. The minimum Gasteiger partial charge on any atom is -0.452 e. The summed E-state index contributed by atoms with van der Waals surface area (Å²) in [7, 11) is 0. The number of anilines is 2. The number of nitrogens with one attached hydrogen (secondary N) is 1. The van der Waals surface area contributed by atoms with Crippen LogP contribution in [0, 0.1) is 16.0 Å². The molecule has 10 heteroatoms. The number of esters is 1. The van der Waals surface area contributed by atoms with E-state index in [0.29, 0.717) is 16.6 Å². The molecule has 0 aliphatic carbocycles. The predicted octanol–water partition coefficient (Wildman–Crippen LogP) is 4.93. The summed E-state index contributed by atoms with van der Waals surface area (Å²) in [6.07, 6.45) is 2.03. The molecule has 0 aromatic heterocycles. The minimum absolute atomic E-state index is 0.00547. The van der Waals surface area contributed by atoms with Crippen LogP contribution in [0.4, 0.5) is 17.1 Å². The Kier molecular flexibility index (Phi) is 7.35. The van der Waals surface area contributed by atoms with Gasteiger partial charge in [0.1, 0.15) is 5.69 Å². The Morgan fingerprint density at radius 3 is 2.74 bits per heavy atom. The SMILES string of the molecule is C[C@H]1CCCN(c2ccc(C(=O)OCC(=O)Nc3cc(Cl)ccc3Cl)cc2[N+](=O)[O-])C1. The fraction of sp³-hybridized carbons (Fsp3) is 0.333. The lowest BCUT2D eigenvalue weighted by Crippen LogP contribution is -2.34. The van der Waals surface area contributed by atoms with Gasteiger partial charge in [-0.2, -0.15) is 0 Å². The van der Waals surface area contributed by atoms with E-state index in [1.165, 1.54) is 24.3 Å². The van der Waals surface area contributed by atoms with E-state index in [-0.39, 0.29) is 22.0 Å². The molecule has 1 aliphatic heterocycles. The summed E-state index contributed by atoms with van der Waals surface area (Å²) >= 11 is 11.9. The minimum atomic E-state index is -0.839. The molecule has 0 unspecified atom stereocenters. The summed E-state index contributed by atoms with van der Waals surface area (Å²) in [5.41, 5.74) is 0.584. The third-order valence-corrected chi connectivity index (χ3v) is 5.51. The fourth-order valence-corrected chi connectivity index (χ4v) is 3.80. The van der Waals surface area contributed by atoms with Gasteiger partial charge in [0.25, 0.3) is 11.6 Å². The van der Waals surface area contributed by atoms with Gasteiger partial charge < -0.3 is 15.0 Å². The van der Waals surface area contributed by atoms with Gasteiger partial charge >= 0.3 is 5.97 Å². The van der Waals surface area contributed by atoms with Crippen LogP contribution < -0.4 is 10.2 Å². The van der Waals surface area contributed by atoms with Crippen molar-refractivity contribution < 1.29 is 19.2 Å². The Morgan fingerprint density at radius 2 is 2.03 bits per heavy atom. The third kappa shape index (κ3) is 5.86. The molecule has 1 heterocycles. The summed E-state index contributed by atoms with van der Waals surface area (Å²) < 4.78 is 5.01. The number of nitrogens with zero attached hydrogens (tertiary/aromatic N) is 2. The largest absolute Gasteiger partial charge is 0.452 e. The maximum absolute atomic E-state index is 12.4. The van der Waals surface area contributed by atoms with Crippen LogP contribution in [0.2, 0.25) is 10.0 Å². The number of carbonyl (C=O) groups excluding carboxylic acids is 2. The van der Waals surface area contributed by atoms with Crippen molar-refractivity contribution in [2.24, 2.45) is 5.92 Å². The van der Waals surface area contributed by atoms with Crippen molar-refractivity contribution in [3.8, 4) is 0 Å². The van der Waals surface area contributed by atoms with Crippen LogP contribution in [0.1, 0.15) is 30.1 Å². The number of ether oxygens (including phenoxy) is 1. The normalized spacial score (nSPS) is 16.0. The number of nitro benzene ring substituents is 1. The first-order valence-electron chi connectivity index (χ1n) is 9.70. The molecule has 2 aromatic carbocycles. The Hall–Kier alpha value is -2.84. The van der Waals surface area contributed by atoms with Crippen LogP contribution in [0.25, 0.3) is 0 Å². The van der Waals surface area contributed by atoms with E-state index >= 15 is 0 Å². The average molecular weight is 466 g/mol. The van der Waals surface area contributed by atoms with Crippen LogP contribution in [0.15, 0.2) is 36.4 Å². The Bertz CT molecular complexity index is 1010. The van der Waals surface area contributed by atoms with Gasteiger partial charge in [0.15, 0.2) is 6.61 Å². The van der Waals surface area contributed by atoms with E-state index in [1.807, 2.05) is 4.90 Å². The molecule has 2 aromatic rings. The van der Waals surface area contributed by atoms with Gasteiger partial charge in [-0.05, 0) is 49.1 Å². The highest BCUT2D eigenvalue weighted by Gasteiger charge is 2.25. The van der Waals surface area contributed by atoms with Crippen molar-refractivity contribution >= 4 is 52.1 Å². The molecule has 0 radical (unpaired) electrons. The van der Waals surface area contributed by atoms with Crippen molar-refractivity contribution in [2.45, 2.75) is 19.8 Å². The Labute approximate surface area is 189 Å². The van der Waals surface area contributed by atoms with Gasteiger partial charge in [-0.15, -0.1) is 0 Å². The van der Waals surface area contributed by atoms with E-state index < -0.39 is 23.4 Å². The standard InChI is InChI=1S/C21H21Cl2N3O5/c1-13-3-2-8-25(11-13)18-7-4-14(9-19(18)26(29)30)21(28)31-12-20(27)24-17-10-15(22)5-6-16(17)23/h4-7,9-10,13H,2-3,8,11-12H2,1H3,(H,24,27)/t13-/m0/s1. The van der Waals surface area contributed by atoms with Gasteiger partial charge in [-0.1, -0.05) is 30.1 Å². The van der Waals surface area contributed by atoms with Gasteiger partial charge in [0.2, 0.25) is 0 Å². The second-order valence-electron chi connectivity index (χ2n) is 7.40. The van der Waals surface area contributed by atoms with Crippen molar-refractivity contribution in [1.29, 1.82) is 0 Å². The topological polar surface area (TPSA) is 102 Å². The Balaban J connectivity index is 1.67. The van der Waals surface area contributed by atoms with Crippen molar-refractivity contribution in [3.05, 3.63) is 62.1 Å². The first-order valence-corrected chi connectivity index (χ1v) is 10.5. The van der Waals surface area contributed by atoms with Gasteiger partial charge in [0.05, 0.1) is 21.2 Å². The molecule has 1 saturated heterocycles. The van der Waals surface area contributed by atoms with Gasteiger partial charge in [0, 0.05) is 24.2 Å². The van der Waals surface area contributed by atoms with E-state index in [4.69, 9.17) is 27.9 Å². The number of nitro groups is 1. The average Bonchev–Trinajstić information content (AvgIpc) is 2.74. The number of hydrogen-bond acceptors (Lipinski definition) is 6. The van der Waals surface area contributed by atoms with Crippen LogP contribution in [-0.2, 0) is 9.53 Å². The van der Waals surface area contributed by atoms with Crippen molar-refractivity contribution in [1.82, 2.24) is 0 Å². The number of hydrogen-bond donors (Lipinski definition) is 1. The molecule has 1 aliphatic rings. The Morgan fingerprint density at radius 1 is 1.26 bits per heavy atom. The zero-order valence-corrected chi connectivity index (χ0v) is 18.3. The zero-order chi connectivity index (χ0) is 22.5. The number of halogens is 2. The number of piperidine rings is 1. The smallest absolute Gasteiger partial charge is 0.338 e. The molecule has 0 bridgehead atoms. The molecule has 0 spiro atoms. The molecule has 0 saturated carbocycles. The molecule has 31 heavy (non-hydrogen) atoms. The molecule has 164 valence electrons. The molecule has 3 rings (SSSR count). The zero-order valence-electron chi connectivity index (χ0n) is 16.8. The number of benzene rings is 2. The van der Waals surface area contributed by atoms with E-state index in [2.05, 4.69) is 12.2 Å². The molecule has 1 amide bonds. The van der Waals surface area contributed by atoms with Crippen LogP contribution in [0.5, 0.6) is 0 Å². The van der Waals surface area contributed by atoms with Crippen molar-refractivity contribution in [3.63, 3.8) is 0 Å². The summed E-state index contributed by atoms with van der Waals surface area (Å²) in [5, 5.41) is 14.7. The highest BCUT2D eigenvalue weighted by molar-refractivity contribution is 6.35. The quantitative estimate of drug-likeness (QED) is 0.368. The molecule has 1 N–H and O–H groups in total. The highest BCUT2D eigenvalue weighted by Crippen LogP contribution is 2.32. The summed E-state index contributed by atoms with van der Waals surface area (Å²) in [6, 6.07) is 8.76. The molecule has 8 nitrogen and oxygen atoms in total. The van der Waals surface area contributed by atoms with E-state index in [0.717, 1.165) is 25.9 Å². The van der Waals surface area contributed by atoms with Crippen LogP contribution in [0.3, 0.4) is 0 Å². The van der Waals surface area contributed by atoms with Crippen molar-refractivity contribution in [2.75, 3.05) is 29.9 Å². The second kappa shape index (κ2) is 9.98. The van der Waals surface area contributed by atoms with Crippen LogP contribution >= 0.6 is 23.2 Å². The summed E-state index contributed by atoms with van der Waals surface area (Å²) in [6.45, 7) is 2.96. The molecular formula is C21H21Cl2N3O5. The first-order chi connectivity index (χ1) is 14.7. The monoisotopic (exact) mass is 465 g/mol. The second-order valence-corrected chi connectivity index (χ2v) is 8.25. The number of rotatable bonds is 6. The predicted molar refractivity (Wildman–Crippen MR) is 119 cm³/mol. The lowest BCUT2D eigenvalue weighted by Gasteiger charge is -2.32.